The molecule has 0 amide bonds. The first-order chi connectivity index (χ1) is 18.9. The molecule has 40 heavy (non-hydrogen) atoms. The van der Waals surface area contributed by atoms with Crippen LogP contribution in [-0.2, 0) is 29.0 Å². The second-order valence-corrected chi connectivity index (χ2v) is 11.7. The maximum Gasteiger partial charge on any atom is 0.459 e. The maximum absolute atomic E-state index is 13.9. The summed E-state index contributed by atoms with van der Waals surface area (Å²) < 4.78 is 37.6. The standard InChI is InChI=1S/C25H29N6O8P/c1-15(2)37-22(32)16(3)30-40(35,39-17-7-5-4-6-8-17)36-11-20-23(33)12-25(23,34)24(13-26,38-20)19-10-9-18-21(27)28-14-29-31(18)19/h4-10,14-16,20,33-34H,11-12H2,1-3H3,(H,30,35)(H2,27,28,29)/t16-,20+,23-,24-,25+,40-/m0/s1. The fourth-order valence-corrected chi connectivity index (χ4v) is 6.39. The Balaban J connectivity index is 1.42. The third-order valence-electron chi connectivity index (χ3n) is 6.97. The maximum atomic E-state index is 13.9. The number of para-hydroxylation sites is 1. The minimum Gasteiger partial charge on any atom is -0.462 e. The summed E-state index contributed by atoms with van der Waals surface area (Å²) in [6.45, 7) is 4.20. The van der Waals surface area contributed by atoms with E-state index in [1.807, 2.05) is 6.07 Å². The van der Waals surface area contributed by atoms with Gasteiger partial charge in [0.1, 0.15) is 47.0 Å². The number of aliphatic hydroxyl groups is 2. The first-order valence-corrected chi connectivity index (χ1v) is 14.0. The van der Waals surface area contributed by atoms with Gasteiger partial charge in [-0.05, 0) is 45.0 Å². The molecule has 2 aromatic heterocycles. The lowest BCUT2D eigenvalue weighted by Gasteiger charge is -2.29. The molecule has 15 heteroatoms. The number of hydrogen-bond donors (Lipinski definition) is 4. The van der Waals surface area contributed by atoms with Crippen LogP contribution in [0.1, 0.15) is 32.9 Å². The summed E-state index contributed by atoms with van der Waals surface area (Å²) in [6.07, 6.45) is -0.784. The number of carbonyl (C=O) groups excluding carboxylic acids is 1. The molecular weight excluding hydrogens is 543 g/mol. The Kier molecular flexibility index (Phi) is 6.86. The van der Waals surface area contributed by atoms with Gasteiger partial charge in [-0.1, -0.05) is 18.2 Å². The molecule has 0 bridgehead atoms. The second-order valence-electron chi connectivity index (χ2n) is 10.1. The fraction of sp³-hybridized carbons (Fsp3) is 0.440. The number of nitrogen functional groups attached to an aromatic ring is 1. The number of nitrogens with zero attached hydrogens (tertiary/aromatic N) is 4. The Labute approximate surface area is 229 Å². The normalized spacial score (nSPS) is 29.4. The van der Waals surface area contributed by atoms with Gasteiger partial charge in [-0.15, -0.1) is 0 Å². The zero-order chi connectivity index (χ0) is 28.9. The average molecular weight is 573 g/mol. The van der Waals surface area contributed by atoms with Gasteiger partial charge in [0, 0.05) is 6.42 Å². The number of esters is 1. The van der Waals surface area contributed by atoms with Crippen LogP contribution in [0.4, 0.5) is 5.82 Å². The van der Waals surface area contributed by atoms with Crippen molar-refractivity contribution in [2.45, 2.75) is 62.2 Å². The molecule has 1 saturated heterocycles. The van der Waals surface area contributed by atoms with Crippen LogP contribution in [0, 0.1) is 11.3 Å². The van der Waals surface area contributed by atoms with Crippen molar-refractivity contribution >= 4 is 25.1 Å². The molecule has 2 aliphatic rings. The summed E-state index contributed by atoms with van der Waals surface area (Å²) in [7, 11) is -4.31. The predicted octanol–water partition coefficient (Wildman–Crippen LogP) is 1.43. The van der Waals surface area contributed by atoms with E-state index in [1.54, 1.807) is 50.2 Å². The number of anilines is 1. The SMILES string of the molecule is CC(C)OC(=O)[C@H](C)N[P@](=O)(OC[C@H]1O[C@@](C#N)(c2ccc3c(N)ncnn23)[C@@]2(O)C[C@]12O)Oc1ccccc1. The van der Waals surface area contributed by atoms with Crippen LogP contribution >= 0.6 is 7.75 Å². The number of rotatable bonds is 10. The van der Waals surface area contributed by atoms with E-state index in [4.69, 9.17) is 24.3 Å². The number of nitriles is 1. The lowest BCUT2D eigenvalue weighted by Crippen LogP contribution is -2.42. The Bertz CT molecular complexity index is 1530. The number of benzene rings is 1. The largest absolute Gasteiger partial charge is 0.462 e. The average Bonchev–Trinajstić information content (AvgIpc) is 3.19. The number of ether oxygens (including phenoxy) is 2. The molecule has 5 N–H and O–H groups in total. The molecule has 6 atom stereocenters. The van der Waals surface area contributed by atoms with Gasteiger partial charge in [-0.2, -0.15) is 15.4 Å². The number of aromatic nitrogens is 3. The Morgan fingerprint density at radius 3 is 2.70 bits per heavy atom. The van der Waals surface area contributed by atoms with Crippen molar-refractivity contribution in [3.8, 4) is 11.8 Å². The van der Waals surface area contributed by atoms with Crippen LogP contribution in [0.5, 0.6) is 5.75 Å². The predicted molar refractivity (Wildman–Crippen MR) is 139 cm³/mol. The molecule has 3 aromatic rings. The summed E-state index contributed by atoms with van der Waals surface area (Å²) in [4.78, 5) is 16.3. The van der Waals surface area contributed by atoms with Crippen LogP contribution in [0.2, 0.25) is 0 Å². The number of hydrogen-bond acceptors (Lipinski definition) is 12. The molecule has 212 valence electrons. The molecular formula is C25H29N6O8P. The van der Waals surface area contributed by atoms with E-state index in [0.29, 0.717) is 5.52 Å². The van der Waals surface area contributed by atoms with E-state index in [0.717, 1.165) is 0 Å². The highest BCUT2D eigenvalue weighted by atomic mass is 31.2. The van der Waals surface area contributed by atoms with Gasteiger partial charge in [0.15, 0.2) is 5.82 Å². The number of nitrogens with two attached hydrogens (primary N) is 1. The van der Waals surface area contributed by atoms with Crippen LogP contribution in [0.25, 0.3) is 5.52 Å². The van der Waals surface area contributed by atoms with Crippen molar-refractivity contribution in [2.24, 2.45) is 0 Å². The third kappa shape index (κ3) is 4.41. The van der Waals surface area contributed by atoms with Crippen molar-refractivity contribution in [2.75, 3.05) is 12.3 Å². The zero-order valence-electron chi connectivity index (χ0n) is 21.9. The third-order valence-corrected chi connectivity index (χ3v) is 8.62. The van der Waals surface area contributed by atoms with Gasteiger partial charge >= 0.3 is 13.7 Å². The van der Waals surface area contributed by atoms with E-state index in [9.17, 15) is 24.8 Å². The highest BCUT2D eigenvalue weighted by Gasteiger charge is 2.87. The lowest BCUT2D eigenvalue weighted by molar-refractivity contribution is -0.149. The Hall–Kier alpha value is -3.57. The molecule has 1 aromatic carbocycles. The molecule has 0 spiro atoms. The van der Waals surface area contributed by atoms with E-state index >= 15 is 0 Å². The van der Waals surface area contributed by atoms with Gasteiger partial charge in [0.25, 0.3) is 0 Å². The first-order valence-electron chi connectivity index (χ1n) is 12.5. The van der Waals surface area contributed by atoms with Crippen molar-refractivity contribution in [1.82, 2.24) is 19.7 Å². The van der Waals surface area contributed by atoms with Crippen molar-refractivity contribution in [1.29, 1.82) is 5.26 Å². The highest BCUT2D eigenvalue weighted by molar-refractivity contribution is 7.52. The molecule has 14 nitrogen and oxygen atoms in total. The molecule has 1 aliphatic carbocycles. The number of carbonyl (C=O) groups is 1. The van der Waals surface area contributed by atoms with E-state index in [2.05, 4.69) is 15.2 Å². The van der Waals surface area contributed by atoms with Crippen LogP contribution in [-0.4, -0.2) is 66.8 Å². The minimum atomic E-state index is -4.31. The van der Waals surface area contributed by atoms with E-state index in [-0.39, 0.29) is 23.7 Å². The molecule has 0 unspecified atom stereocenters. The van der Waals surface area contributed by atoms with Crippen LogP contribution in [0.3, 0.4) is 0 Å². The Morgan fingerprint density at radius 2 is 2.02 bits per heavy atom. The van der Waals surface area contributed by atoms with Gasteiger partial charge in [-0.25, -0.2) is 14.1 Å². The van der Waals surface area contributed by atoms with Crippen molar-refractivity contribution in [3.05, 3.63) is 54.5 Å². The second kappa shape index (κ2) is 9.81. The number of nitrogens with one attached hydrogen (secondary N) is 1. The Morgan fingerprint density at radius 1 is 1.30 bits per heavy atom. The van der Waals surface area contributed by atoms with Crippen molar-refractivity contribution in [3.63, 3.8) is 0 Å². The summed E-state index contributed by atoms with van der Waals surface area (Å²) in [5, 5.41) is 39.7. The molecule has 3 heterocycles. The van der Waals surface area contributed by atoms with Crippen LogP contribution < -0.4 is 15.3 Å². The number of fused-ring (bicyclic) bond motifs is 2. The quantitative estimate of drug-likeness (QED) is 0.201. The van der Waals surface area contributed by atoms with Crippen molar-refractivity contribution < 1.29 is 38.1 Å². The highest BCUT2D eigenvalue weighted by Crippen LogP contribution is 2.68. The van der Waals surface area contributed by atoms with Crippen LogP contribution in [0.15, 0.2) is 48.8 Å². The molecule has 0 radical (unpaired) electrons. The van der Waals surface area contributed by atoms with E-state index in [1.165, 1.54) is 23.8 Å². The molecule has 1 saturated carbocycles. The van der Waals surface area contributed by atoms with Gasteiger partial charge in [0.05, 0.1) is 18.4 Å². The van der Waals surface area contributed by atoms with Gasteiger partial charge < -0.3 is 29.9 Å². The van der Waals surface area contributed by atoms with Gasteiger partial charge in [-0.3, -0.25) is 9.32 Å². The van der Waals surface area contributed by atoms with E-state index < -0.39 is 55.4 Å². The smallest absolute Gasteiger partial charge is 0.459 e. The lowest BCUT2D eigenvalue weighted by atomic mass is 9.91. The first kappa shape index (κ1) is 28.0. The fourth-order valence-electron chi connectivity index (χ4n) is 4.90. The minimum absolute atomic E-state index is 0.118. The summed E-state index contributed by atoms with van der Waals surface area (Å²) >= 11 is 0. The zero-order valence-corrected chi connectivity index (χ0v) is 22.8. The van der Waals surface area contributed by atoms with Gasteiger partial charge in [0.2, 0.25) is 5.60 Å². The summed E-state index contributed by atoms with van der Waals surface area (Å²) in [6, 6.07) is 12.1. The molecule has 1 aliphatic heterocycles. The summed E-state index contributed by atoms with van der Waals surface area (Å²) in [5.41, 5.74) is 0.368. The topological polar surface area (TPSA) is 204 Å². The molecule has 5 rings (SSSR count). The molecule has 2 fully saturated rings. The monoisotopic (exact) mass is 572 g/mol. The summed E-state index contributed by atoms with van der Waals surface area (Å²) in [5.74, 6) is -0.367.